The summed E-state index contributed by atoms with van der Waals surface area (Å²) in [5.41, 5.74) is -0.609. The molecular formula is C105H134O40. The van der Waals surface area contributed by atoms with Gasteiger partial charge >= 0.3 is 101 Å². The number of carbonyl (C=O) groups excluding carboxylic acids is 16. The minimum atomic E-state index is -0.849. The van der Waals surface area contributed by atoms with E-state index in [0.29, 0.717) is 174 Å². The molecule has 0 bridgehead atoms. The second kappa shape index (κ2) is 65.7. The third-order valence-corrected chi connectivity index (χ3v) is 24.2. The lowest BCUT2D eigenvalue weighted by Crippen LogP contribution is -2.30. The van der Waals surface area contributed by atoms with Crippen LogP contribution in [0, 0.1) is 59.2 Å². The molecule has 5 aliphatic carbocycles. The lowest BCUT2D eigenvalue weighted by atomic mass is 9.82. The third-order valence-electron chi connectivity index (χ3n) is 24.2. The van der Waals surface area contributed by atoms with E-state index in [1.807, 2.05) is 13.8 Å². The second-order valence-electron chi connectivity index (χ2n) is 34.4. The van der Waals surface area contributed by atoms with Crippen molar-refractivity contribution in [3.05, 3.63) is 133 Å². The zero-order chi connectivity index (χ0) is 105. The molecule has 0 radical (unpaired) electrons. The molecule has 5 saturated carbocycles. The standard InChI is InChI=1S/C60H76O22.C30H36O12.C15H22O6/c1-5-51(61)73-29-9-11-31-75-53(63)39-13-17-43(18-14-39)57(67)81-49-27-25-45(37-47(49)59(69)77-35-33-71-7-3)79-55(65)41-21-23-42(24-22-41)56(66)80-46-26-28-50(48(38-46)60(70)78-36-34-72-8-4)82-58(68)44-19-15-40(16-20-44)54(64)76-32-12-10-30-74-52(62)6-2;1-3-37-13-15-39-29(35)23-17-21(9-11-25(23)31)41-27(33)19-5-7-20(8-6-19)28(34)42-22-10-12-26(32)24(18-22)30(36)40-16-14-38-4-2;1-2-13(16)20-9-3-4-10-21-15(19)12-7-5-11(6-8-12)14(17)18/h5-6,25-28,37-44H,1-2,7-24,29-36H2,3-4H3;9-12,17-20,31-32H,3-8,13-16H2,1-2H3;2,11-12H,1,3-10H2,(H,17,18). The van der Waals surface area contributed by atoms with Crippen molar-refractivity contribution in [3.63, 3.8) is 0 Å². The highest BCUT2D eigenvalue weighted by Gasteiger charge is 2.39. The molecule has 0 aromatic heterocycles. The molecule has 9 rings (SSSR count). The number of hydrogen-bond acceptors (Lipinski definition) is 39. The van der Waals surface area contributed by atoms with Crippen LogP contribution in [0.2, 0.25) is 0 Å². The number of benzene rings is 4. The van der Waals surface area contributed by atoms with Gasteiger partial charge in [-0.3, -0.25) is 47.9 Å². The smallest absolute Gasteiger partial charge is 0.342 e. The fourth-order valence-electron chi connectivity index (χ4n) is 16.0. The molecule has 5 aliphatic rings. The van der Waals surface area contributed by atoms with Gasteiger partial charge in [-0.1, -0.05) is 19.7 Å². The Morgan fingerprint density at radius 3 is 0.676 bits per heavy atom. The van der Waals surface area contributed by atoms with Crippen LogP contribution < -0.4 is 28.4 Å². The monoisotopic (exact) mass is 2030 g/mol. The molecule has 40 nitrogen and oxygen atoms in total. The molecule has 0 unspecified atom stereocenters. The van der Waals surface area contributed by atoms with E-state index in [-0.39, 0.29) is 210 Å². The first-order chi connectivity index (χ1) is 69.9. The fraction of sp³-hybridized carbons (Fsp3) is 0.552. The first kappa shape index (κ1) is 118. The number of carbonyl (C=O) groups is 17. The Bertz CT molecular complexity index is 4690. The number of phenolic OH excluding ortho intramolecular Hbond substituents is 2. The first-order valence-electron chi connectivity index (χ1n) is 49.3. The number of rotatable bonds is 54. The molecule has 0 heterocycles. The molecule has 4 aromatic carbocycles. The van der Waals surface area contributed by atoms with Crippen molar-refractivity contribution >= 4 is 101 Å². The summed E-state index contributed by atoms with van der Waals surface area (Å²) < 4.78 is 106. The highest BCUT2D eigenvalue weighted by Crippen LogP contribution is 2.40. The van der Waals surface area contributed by atoms with Crippen molar-refractivity contribution in [3.8, 4) is 46.0 Å². The van der Waals surface area contributed by atoms with Crippen LogP contribution in [0.15, 0.2) is 111 Å². The van der Waals surface area contributed by atoms with Crippen molar-refractivity contribution in [2.24, 2.45) is 59.2 Å². The van der Waals surface area contributed by atoms with E-state index < -0.39 is 131 Å². The van der Waals surface area contributed by atoms with Crippen LogP contribution >= 0.6 is 0 Å². The minimum Gasteiger partial charge on any atom is -0.507 e. The number of aliphatic carboxylic acids is 1. The number of esters is 16. The van der Waals surface area contributed by atoms with E-state index >= 15 is 0 Å². The molecule has 0 amide bonds. The average molecular weight is 2040 g/mol. The van der Waals surface area contributed by atoms with Crippen molar-refractivity contribution in [1.29, 1.82) is 0 Å². The van der Waals surface area contributed by atoms with Gasteiger partial charge in [-0.05, 0) is 267 Å². The van der Waals surface area contributed by atoms with E-state index in [0.717, 1.165) is 18.2 Å². The Morgan fingerprint density at radius 2 is 0.448 bits per heavy atom. The highest BCUT2D eigenvalue weighted by atomic mass is 16.6. The minimum absolute atomic E-state index is 0.0111. The first-order valence-corrected chi connectivity index (χ1v) is 49.3. The molecule has 3 N–H and O–H groups in total. The number of ether oxygens (including phenoxy) is 20. The van der Waals surface area contributed by atoms with Gasteiger partial charge in [0.05, 0.1) is 125 Å². The topological polar surface area (TPSA) is 535 Å². The van der Waals surface area contributed by atoms with Gasteiger partial charge in [-0.25, -0.2) is 33.6 Å². The van der Waals surface area contributed by atoms with Crippen LogP contribution in [0.25, 0.3) is 0 Å². The van der Waals surface area contributed by atoms with Crippen molar-refractivity contribution in [1.82, 2.24) is 0 Å². The fourth-order valence-corrected chi connectivity index (χ4v) is 16.0. The lowest BCUT2D eigenvalue weighted by molar-refractivity contribution is -0.153. The zero-order valence-corrected chi connectivity index (χ0v) is 82.6. The van der Waals surface area contributed by atoms with Crippen LogP contribution in [0.1, 0.15) is 236 Å². The second-order valence-corrected chi connectivity index (χ2v) is 34.4. The van der Waals surface area contributed by atoms with E-state index in [1.165, 1.54) is 72.8 Å². The predicted octanol–water partition coefficient (Wildman–Crippen LogP) is 13.7. The molecule has 40 heteroatoms. The number of phenols is 2. The normalized spacial score (nSPS) is 18.8. The zero-order valence-electron chi connectivity index (χ0n) is 82.6. The van der Waals surface area contributed by atoms with Gasteiger partial charge in [-0.15, -0.1) is 0 Å². The molecule has 145 heavy (non-hydrogen) atoms. The third kappa shape index (κ3) is 42.4. The summed E-state index contributed by atoms with van der Waals surface area (Å²) in [5, 5.41) is 28.9. The summed E-state index contributed by atoms with van der Waals surface area (Å²) in [6.07, 6.45) is 14.2. The average Bonchev–Trinajstić information content (AvgIpc) is 0.828. The van der Waals surface area contributed by atoms with Gasteiger partial charge in [0, 0.05) is 44.7 Å². The van der Waals surface area contributed by atoms with Gasteiger partial charge in [0.1, 0.15) is 94.7 Å². The lowest BCUT2D eigenvalue weighted by Gasteiger charge is -2.26. The molecule has 0 atom stereocenters. The molecule has 0 aliphatic heterocycles. The number of carboxylic acids is 1. The van der Waals surface area contributed by atoms with Crippen LogP contribution in [0.3, 0.4) is 0 Å². The summed E-state index contributed by atoms with van der Waals surface area (Å²) >= 11 is 0. The van der Waals surface area contributed by atoms with Crippen LogP contribution in [-0.2, 0) is 129 Å². The maximum atomic E-state index is 13.6. The summed E-state index contributed by atoms with van der Waals surface area (Å²) in [7, 11) is 0. The summed E-state index contributed by atoms with van der Waals surface area (Å²) in [4.78, 5) is 212. The predicted molar refractivity (Wildman–Crippen MR) is 509 cm³/mol. The molecular weight excluding hydrogens is 1900 g/mol. The number of hydrogen-bond donors (Lipinski definition) is 3. The van der Waals surface area contributed by atoms with Gasteiger partial charge in [0.15, 0.2) is 0 Å². The molecule has 5 fully saturated rings. The van der Waals surface area contributed by atoms with Gasteiger partial charge in [0.25, 0.3) is 0 Å². The van der Waals surface area contributed by atoms with Crippen molar-refractivity contribution in [2.45, 2.75) is 195 Å². The Balaban J connectivity index is 0.000000370. The maximum absolute atomic E-state index is 13.6. The van der Waals surface area contributed by atoms with Gasteiger partial charge in [0.2, 0.25) is 0 Å². The summed E-state index contributed by atoms with van der Waals surface area (Å²) in [6, 6.07) is 15.6. The van der Waals surface area contributed by atoms with E-state index in [2.05, 4.69) is 19.7 Å². The molecule has 794 valence electrons. The van der Waals surface area contributed by atoms with Crippen LogP contribution in [0.5, 0.6) is 46.0 Å². The molecule has 0 saturated heterocycles. The van der Waals surface area contributed by atoms with Crippen LogP contribution in [0.4, 0.5) is 0 Å². The Labute approximate surface area is 840 Å². The largest absolute Gasteiger partial charge is 0.507 e. The van der Waals surface area contributed by atoms with E-state index in [4.69, 9.17) is 99.8 Å². The van der Waals surface area contributed by atoms with Gasteiger partial charge in [-0.2, -0.15) is 0 Å². The van der Waals surface area contributed by atoms with Crippen LogP contribution in [-0.4, -0.2) is 236 Å². The van der Waals surface area contributed by atoms with E-state index in [1.54, 1.807) is 13.8 Å². The molecule has 4 aromatic rings. The highest BCUT2D eigenvalue weighted by molar-refractivity contribution is 5.97. The maximum Gasteiger partial charge on any atom is 0.342 e. The number of carboxylic acid groups (broad SMARTS) is 1. The summed E-state index contributed by atoms with van der Waals surface area (Å²) in [5.74, 6) is -15.3. The van der Waals surface area contributed by atoms with Crippen molar-refractivity contribution < 1.29 is 192 Å². The van der Waals surface area contributed by atoms with Crippen molar-refractivity contribution in [2.75, 3.05) is 119 Å². The molecule has 0 spiro atoms. The Morgan fingerprint density at radius 1 is 0.248 bits per heavy atom. The SMILES string of the molecule is C=CC(=O)OCCCCOC(=O)C1CCC(C(=O)O)CC1.C=CC(=O)OCCCCOC(=O)C1CCC(C(=O)Oc2ccc(OC(=O)C3CCC(C(=O)Oc4ccc(OC(=O)C5CCC(C(=O)OCCCCOC(=O)C=C)CC5)c(C(=O)OCCOCC)c4)CC3)cc2C(=O)OCCOCC)CC1.CCOCCOC(=O)c1cc(OC(=O)C2CCC(C(=O)Oc3ccc(O)c(C(=O)OCCOCC)c3)CC2)ccc1O. The van der Waals surface area contributed by atoms with E-state index in [9.17, 15) is 91.7 Å². The number of unbranched alkanes of at least 4 members (excludes halogenated alkanes) is 3. The Kier molecular flexibility index (Phi) is 53.7. The summed E-state index contributed by atoms with van der Waals surface area (Å²) in [6.45, 7) is 20.7. The Hall–Kier alpha value is -13.5. The van der Waals surface area contributed by atoms with Gasteiger partial charge < -0.3 is 110 Å². The quantitative estimate of drug-likeness (QED) is 0.0121. The number of aromatic hydroxyl groups is 2.